The number of para-hydroxylation sites is 1. The number of anilines is 1. The summed E-state index contributed by atoms with van der Waals surface area (Å²) in [6.45, 7) is 6.01. The maximum atomic E-state index is 12.4. The standard InChI is InChI=1S/C18H29N5O2.HI/c1-15(14-25-3)21-18(19-2)20-13-17(24)23-11-9-22(10-12-23)16-7-5-4-6-8-16;/h4-8,15H,9-14H2,1-3H3,(H2,19,20,21);1H. The fourth-order valence-corrected chi connectivity index (χ4v) is 2.84. The van der Waals surface area contributed by atoms with E-state index in [1.54, 1.807) is 14.2 Å². The number of carbonyl (C=O) groups excluding carboxylic acids is 1. The largest absolute Gasteiger partial charge is 0.383 e. The first-order valence-corrected chi connectivity index (χ1v) is 8.68. The molecule has 0 aromatic heterocycles. The molecule has 0 saturated carbocycles. The number of ether oxygens (including phenoxy) is 1. The summed E-state index contributed by atoms with van der Waals surface area (Å²) in [6, 6.07) is 10.4. The van der Waals surface area contributed by atoms with Crippen LogP contribution in [-0.2, 0) is 9.53 Å². The molecule has 1 saturated heterocycles. The number of amides is 1. The van der Waals surface area contributed by atoms with Crippen LogP contribution in [0.2, 0.25) is 0 Å². The molecule has 1 amide bonds. The van der Waals surface area contributed by atoms with E-state index in [0.29, 0.717) is 12.6 Å². The molecule has 1 unspecified atom stereocenters. The van der Waals surface area contributed by atoms with Crippen LogP contribution in [0.15, 0.2) is 35.3 Å². The molecule has 1 fully saturated rings. The summed E-state index contributed by atoms with van der Waals surface area (Å²) < 4.78 is 5.09. The Morgan fingerprint density at radius 3 is 2.46 bits per heavy atom. The molecular formula is C18H30IN5O2. The highest BCUT2D eigenvalue weighted by atomic mass is 127. The molecule has 1 aromatic carbocycles. The normalized spacial score (nSPS) is 15.9. The Bertz CT molecular complexity index is 562. The van der Waals surface area contributed by atoms with Gasteiger partial charge in [-0.2, -0.15) is 0 Å². The number of rotatable bonds is 6. The number of nitrogens with one attached hydrogen (secondary N) is 2. The second-order valence-electron chi connectivity index (χ2n) is 6.13. The van der Waals surface area contributed by atoms with Gasteiger partial charge in [-0.3, -0.25) is 9.79 Å². The first kappa shape index (κ1) is 22.5. The summed E-state index contributed by atoms with van der Waals surface area (Å²) in [5.74, 6) is 0.705. The molecule has 1 aliphatic rings. The number of piperazine rings is 1. The lowest BCUT2D eigenvalue weighted by atomic mass is 10.2. The van der Waals surface area contributed by atoms with E-state index in [9.17, 15) is 4.79 Å². The molecule has 0 bridgehead atoms. The first-order chi connectivity index (χ1) is 12.1. The van der Waals surface area contributed by atoms with Gasteiger partial charge in [-0.05, 0) is 19.1 Å². The molecule has 1 aromatic rings. The highest BCUT2D eigenvalue weighted by molar-refractivity contribution is 14.0. The Balaban J connectivity index is 0.00000338. The van der Waals surface area contributed by atoms with Crippen molar-refractivity contribution in [1.29, 1.82) is 0 Å². The summed E-state index contributed by atoms with van der Waals surface area (Å²) in [7, 11) is 3.35. The van der Waals surface area contributed by atoms with Crippen LogP contribution in [-0.4, -0.2) is 76.3 Å². The molecule has 2 N–H and O–H groups in total. The predicted molar refractivity (Wildman–Crippen MR) is 116 cm³/mol. The van der Waals surface area contributed by atoms with Gasteiger partial charge < -0.3 is 25.2 Å². The van der Waals surface area contributed by atoms with Crippen molar-refractivity contribution in [2.45, 2.75) is 13.0 Å². The molecule has 0 aliphatic carbocycles. The highest BCUT2D eigenvalue weighted by Crippen LogP contribution is 2.15. The van der Waals surface area contributed by atoms with Crippen LogP contribution in [0.5, 0.6) is 0 Å². The van der Waals surface area contributed by atoms with Gasteiger partial charge in [-0.25, -0.2) is 0 Å². The van der Waals surface area contributed by atoms with Crippen LogP contribution in [0, 0.1) is 0 Å². The Hall–Kier alpha value is -1.55. The number of guanidine groups is 1. The van der Waals surface area contributed by atoms with Crippen LogP contribution in [0.4, 0.5) is 5.69 Å². The summed E-state index contributed by atoms with van der Waals surface area (Å²) in [5.41, 5.74) is 1.21. The van der Waals surface area contributed by atoms with Crippen LogP contribution < -0.4 is 15.5 Å². The minimum Gasteiger partial charge on any atom is -0.383 e. The molecule has 0 spiro atoms. The van der Waals surface area contributed by atoms with Crippen molar-refractivity contribution in [3.05, 3.63) is 30.3 Å². The minimum atomic E-state index is 0. The lowest BCUT2D eigenvalue weighted by Crippen LogP contribution is -2.52. The Morgan fingerprint density at radius 1 is 1.23 bits per heavy atom. The Kier molecular flexibility index (Phi) is 10.3. The van der Waals surface area contributed by atoms with Gasteiger partial charge >= 0.3 is 0 Å². The average Bonchev–Trinajstić information content (AvgIpc) is 2.66. The van der Waals surface area contributed by atoms with E-state index in [0.717, 1.165) is 26.2 Å². The van der Waals surface area contributed by atoms with Crippen molar-refractivity contribution in [1.82, 2.24) is 15.5 Å². The maximum Gasteiger partial charge on any atom is 0.242 e. The van der Waals surface area contributed by atoms with Crippen LogP contribution in [0.1, 0.15) is 6.92 Å². The fraction of sp³-hybridized carbons (Fsp3) is 0.556. The van der Waals surface area contributed by atoms with Crippen molar-refractivity contribution >= 4 is 41.5 Å². The number of hydrogen-bond donors (Lipinski definition) is 2. The lowest BCUT2D eigenvalue weighted by Gasteiger charge is -2.36. The zero-order valence-corrected chi connectivity index (χ0v) is 18.1. The third kappa shape index (κ3) is 6.99. The van der Waals surface area contributed by atoms with Crippen LogP contribution >= 0.6 is 24.0 Å². The monoisotopic (exact) mass is 475 g/mol. The third-order valence-corrected chi connectivity index (χ3v) is 4.18. The van der Waals surface area contributed by atoms with Gasteiger partial charge in [0, 0.05) is 52.1 Å². The van der Waals surface area contributed by atoms with Crippen molar-refractivity contribution in [3.63, 3.8) is 0 Å². The second kappa shape index (κ2) is 11.9. The number of halogens is 1. The number of hydrogen-bond acceptors (Lipinski definition) is 4. The summed E-state index contributed by atoms with van der Waals surface area (Å²) in [5, 5.41) is 6.27. The van der Waals surface area contributed by atoms with Crippen LogP contribution in [0.25, 0.3) is 0 Å². The molecule has 8 heteroatoms. The zero-order chi connectivity index (χ0) is 18.1. The van der Waals surface area contributed by atoms with Crippen molar-refractivity contribution < 1.29 is 9.53 Å². The highest BCUT2D eigenvalue weighted by Gasteiger charge is 2.21. The van der Waals surface area contributed by atoms with E-state index in [4.69, 9.17) is 4.74 Å². The molecular weight excluding hydrogens is 445 g/mol. The van der Waals surface area contributed by atoms with E-state index >= 15 is 0 Å². The molecule has 146 valence electrons. The van der Waals surface area contributed by atoms with Gasteiger partial charge in [-0.1, -0.05) is 18.2 Å². The van der Waals surface area contributed by atoms with E-state index in [1.165, 1.54) is 5.69 Å². The predicted octanol–water partition coefficient (Wildman–Crippen LogP) is 1.15. The fourth-order valence-electron chi connectivity index (χ4n) is 2.84. The second-order valence-corrected chi connectivity index (χ2v) is 6.13. The van der Waals surface area contributed by atoms with Gasteiger partial charge in [0.05, 0.1) is 13.2 Å². The van der Waals surface area contributed by atoms with Gasteiger partial charge in [0.1, 0.15) is 0 Å². The Morgan fingerprint density at radius 2 is 1.88 bits per heavy atom. The Labute approximate surface area is 173 Å². The summed E-state index contributed by atoms with van der Waals surface area (Å²) in [4.78, 5) is 20.8. The SMILES string of the molecule is CN=C(NCC(=O)N1CCN(c2ccccc2)CC1)NC(C)COC.I. The van der Waals surface area contributed by atoms with Gasteiger partial charge in [0.25, 0.3) is 0 Å². The molecule has 26 heavy (non-hydrogen) atoms. The first-order valence-electron chi connectivity index (χ1n) is 8.68. The molecule has 1 heterocycles. The molecule has 1 aliphatic heterocycles. The van der Waals surface area contributed by atoms with Crippen molar-refractivity contribution in [3.8, 4) is 0 Å². The van der Waals surface area contributed by atoms with E-state index in [1.807, 2.05) is 30.0 Å². The lowest BCUT2D eigenvalue weighted by molar-refractivity contribution is -0.130. The smallest absolute Gasteiger partial charge is 0.242 e. The average molecular weight is 475 g/mol. The van der Waals surface area contributed by atoms with E-state index in [-0.39, 0.29) is 42.5 Å². The summed E-state index contributed by atoms with van der Waals surface area (Å²) >= 11 is 0. The number of carbonyl (C=O) groups is 1. The molecule has 1 atom stereocenters. The summed E-state index contributed by atoms with van der Waals surface area (Å²) in [6.07, 6.45) is 0. The van der Waals surface area contributed by atoms with Gasteiger partial charge in [0.15, 0.2) is 5.96 Å². The number of nitrogens with zero attached hydrogens (tertiary/aromatic N) is 3. The number of methoxy groups -OCH3 is 1. The third-order valence-electron chi connectivity index (χ3n) is 4.18. The topological polar surface area (TPSA) is 69.2 Å². The molecule has 0 radical (unpaired) electrons. The molecule has 2 rings (SSSR count). The van der Waals surface area contributed by atoms with Gasteiger partial charge in [-0.15, -0.1) is 24.0 Å². The zero-order valence-electron chi connectivity index (χ0n) is 15.8. The maximum absolute atomic E-state index is 12.4. The van der Waals surface area contributed by atoms with Crippen molar-refractivity contribution in [2.24, 2.45) is 4.99 Å². The van der Waals surface area contributed by atoms with Crippen molar-refractivity contribution in [2.75, 3.05) is 58.4 Å². The van der Waals surface area contributed by atoms with Gasteiger partial charge in [0.2, 0.25) is 5.91 Å². The minimum absolute atomic E-state index is 0. The number of benzene rings is 1. The molecule has 7 nitrogen and oxygen atoms in total. The number of aliphatic imine (C=N–C) groups is 1. The van der Waals surface area contributed by atoms with E-state index < -0.39 is 0 Å². The van der Waals surface area contributed by atoms with E-state index in [2.05, 4.69) is 32.7 Å². The quantitative estimate of drug-likeness (QED) is 0.367. The van der Waals surface area contributed by atoms with Crippen LogP contribution in [0.3, 0.4) is 0 Å².